The molecule has 0 amide bonds. The van der Waals surface area contributed by atoms with Crippen molar-refractivity contribution in [3.05, 3.63) is 70.1 Å². The zero-order valence-corrected chi connectivity index (χ0v) is 11.9. The van der Waals surface area contributed by atoms with Gasteiger partial charge in [0, 0.05) is 20.6 Å². The molecule has 0 aliphatic carbocycles. The van der Waals surface area contributed by atoms with E-state index < -0.39 is 0 Å². The second kappa shape index (κ2) is 5.33. The Labute approximate surface area is 121 Å². The van der Waals surface area contributed by atoms with Crippen molar-refractivity contribution >= 4 is 33.0 Å². The Kier molecular flexibility index (Phi) is 3.56. The van der Waals surface area contributed by atoms with Crippen molar-refractivity contribution in [2.45, 2.75) is 12.5 Å². The topological polar surface area (TPSA) is 26.0 Å². The van der Waals surface area contributed by atoms with E-state index in [1.807, 2.05) is 18.2 Å². The maximum Gasteiger partial charge on any atom is 0.0431 e. The van der Waals surface area contributed by atoms with Gasteiger partial charge in [0.2, 0.25) is 0 Å². The van der Waals surface area contributed by atoms with Crippen molar-refractivity contribution in [1.29, 1.82) is 0 Å². The zero-order chi connectivity index (χ0) is 13.2. The number of hydrogen-bond donors (Lipinski definition) is 1. The summed E-state index contributed by atoms with van der Waals surface area (Å²) in [5.41, 5.74) is 7.49. The fourth-order valence-electron chi connectivity index (χ4n) is 2.20. The SMILES string of the molecule is NC(Cc1cccc(Cl)c1)c1cc2ccccc2s1. The van der Waals surface area contributed by atoms with E-state index in [-0.39, 0.29) is 6.04 Å². The smallest absolute Gasteiger partial charge is 0.0431 e. The molecule has 0 aliphatic heterocycles. The van der Waals surface area contributed by atoms with E-state index in [0.29, 0.717) is 0 Å². The van der Waals surface area contributed by atoms with Crippen LogP contribution in [0.15, 0.2) is 54.6 Å². The van der Waals surface area contributed by atoms with Crippen LogP contribution in [-0.2, 0) is 6.42 Å². The third-order valence-electron chi connectivity index (χ3n) is 3.15. The van der Waals surface area contributed by atoms with Gasteiger partial charge in [0.05, 0.1) is 0 Å². The number of nitrogens with two attached hydrogens (primary N) is 1. The van der Waals surface area contributed by atoms with Crippen molar-refractivity contribution < 1.29 is 0 Å². The Balaban J connectivity index is 1.85. The Morgan fingerprint density at radius 3 is 2.68 bits per heavy atom. The summed E-state index contributed by atoms with van der Waals surface area (Å²) in [5.74, 6) is 0. The van der Waals surface area contributed by atoms with Gasteiger partial charge in [-0.1, -0.05) is 41.9 Å². The Morgan fingerprint density at radius 1 is 1.05 bits per heavy atom. The van der Waals surface area contributed by atoms with Crippen LogP contribution >= 0.6 is 22.9 Å². The summed E-state index contributed by atoms with van der Waals surface area (Å²) in [6.07, 6.45) is 0.813. The molecule has 0 aliphatic rings. The van der Waals surface area contributed by atoms with E-state index in [9.17, 15) is 0 Å². The van der Waals surface area contributed by atoms with Gasteiger partial charge in [0.1, 0.15) is 0 Å². The number of hydrogen-bond acceptors (Lipinski definition) is 2. The molecule has 96 valence electrons. The first-order chi connectivity index (χ1) is 9.22. The summed E-state index contributed by atoms with van der Waals surface area (Å²) >= 11 is 7.77. The first kappa shape index (κ1) is 12.7. The fourth-order valence-corrected chi connectivity index (χ4v) is 3.48. The summed E-state index contributed by atoms with van der Waals surface area (Å²) in [7, 11) is 0. The van der Waals surface area contributed by atoms with Crippen LogP contribution < -0.4 is 5.73 Å². The fraction of sp³-hybridized carbons (Fsp3) is 0.125. The summed E-state index contributed by atoms with van der Waals surface area (Å²) in [4.78, 5) is 1.22. The Bertz CT molecular complexity index is 672. The Hall–Kier alpha value is -1.35. The molecule has 3 aromatic rings. The van der Waals surface area contributed by atoms with Gasteiger partial charge in [-0.2, -0.15) is 0 Å². The van der Waals surface area contributed by atoms with Gasteiger partial charge in [-0.3, -0.25) is 0 Å². The number of rotatable bonds is 3. The lowest BCUT2D eigenvalue weighted by Gasteiger charge is -2.09. The van der Waals surface area contributed by atoms with Crippen molar-refractivity contribution in [3.8, 4) is 0 Å². The molecule has 2 aromatic carbocycles. The van der Waals surface area contributed by atoms with Gasteiger partial charge in [-0.15, -0.1) is 11.3 Å². The van der Waals surface area contributed by atoms with Crippen LogP contribution in [-0.4, -0.2) is 0 Å². The van der Waals surface area contributed by atoms with Gasteiger partial charge in [0.15, 0.2) is 0 Å². The number of halogens is 1. The van der Waals surface area contributed by atoms with Crippen molar-refractivity contribution in [2.75, 3.05) is 0 Å². The van der Waals surface area contributed by atoms with E-state index in [0.717, 1.165) is 11.4 Å². The maximum atomic E-state index is 6.31. The van der Waals surface area contributed by atoms with E-state index >= 15 is 0 Å². The number of fused-ring (bicyclic) bond motifs is 1. The van der Waals surface area contributed by atoms with Crippen LogP contribution in [0.3, 0.4) is 0 Å². The minimum Gasteiger partial charge on any atom is -0.323 e. The molecule has 0 bridgehead atoms. The summed E-state index contributed by atoms with van der Waals surface area (Å²) in [6.45, 7) is 0. The molecule has 1 aromatic heterocycles. The number of thiophene rings is 1. The largest absolute Gasteiger partial charge is 0.323 e. The van der Waals surface area contributed by atoms with Crippen molar-refractivity contribution in [2.24, 2.45) is 5.73 Å². The maximum absolute atomic E-state index is 6.31. The molecule has 0 radical (unpaired) electrons. The lowest BCUT2D eigenvalue weighted by atomic mass is 10.1. The summed E-state index contributed by atoms with van der Waals surface area (Å²) in [5, 5.41) is 2.03. The van der Waals surface area contributed by atoms with E-state index in [2.05, 4.69) is 36.4 Å². The van der Waals surface area contributed by atoms with Crippen LogP contribution in [0.2, 0.25) is 5.02 Å². The van der Waals surface area contributed by atoms with Gasteiger partial charge >= 0.3 is 0 Å². The predicted octanol–water partition coefficient (Wildman–Crippen LogP) is 4.80. The predicted molar refractivity (Wildman–Crippen MR) is 83.9 cm³/mol. The number of benzene rings is 2. The summed E-state index contributed by atoms with van der Waals surface area (Å²) in [6, 6.07) is 18.5. The molecule has 3 heteroatoms. The van der Waals surface area contributed by atoms with Gasteiger partial charge in [-0.05, 0) is 41.6 Å². The lowest BCUT2D eigenvalue weighted by molar-refractivity contribution is 0.737. The highest BCUT2D eigenvalue weighted by Crippen LogP contribution is 2.30. The molecule has 0 fully saturated rings. The van der Waals surface area contributed by atoms with Gasteiger partial charge in [0.25, 0.3) is 0 Å². The molecule has 1 nitrogen and oxygen atoms in total. The second-order valence-corrected chi connectivity index (χ2v) is 6.18. The zero-order valence-electron chi connectivity index (χ0n) is 10.3. The molecular weight excluding hydrogens is 274 g/mol. The summed E-state index contributed by atoms with van der Waals surface area (Å²) < 4.78 is 1.29. The van der Waals surface area contributed by atoms with Crippen LogP contribution in [0, 0.1) is 0 Å². The van der Waals surface area contributed by atoms with Gasteiger partial charge in [-0.25, -0.2) is 0 Å². The highest BCUT2D eigenvalue weighted by Gasteiger charge is 2.11. The molecule has 0 saturated carbocycles. The highest BCUT2D eigenvalue weighted by molar-refractivity contribution is 7.19. The molecular formula is C16H14ClNS. The van der Waals surface area contributed by atoms with E-state index in [4.69, 9.17) is 17.3 Å². The molecule has 0 spiro atoms. The van der Waals surface area contributed by atoms with Crippen LogP contribution in [0.25, 0.3) is 10.1 Å². The van der Waals surface area contributed by atoms with Crippen LogP contribution in [0.4, 0.5) is 0 Å². The third kappa shape index (κ3) is 2.81. The van der Waals surface area contributed by atoms with Gasteiger partial charge < -0.3 is 5.73 Å². The monoisotopic (exact) mass is 287 g/mol. The van der Waals surface area contributed by atoms with Crippen molar-refractivity contribution in [3.63, 3.8) is 0 Å². The molecule has 1 atom stereocenters. The van der Waals surface area contributed by atoms with Crippen LogP contribution in [0.5, 0.6) is 0 Å². The lowest BCUT2D eigenvalue weighted by Crippen LogP contribution is -2.11. The van der Waals surface area contributed by atoms with Crippen LogP contribution in [0.1, 0.15) is 16.5 Å². The molecule has 1 unspecified atom stereocenters. The first-order valence-electron chi connectivity index (χ1n) is 6.21. The standard InChI is InChI=1S/C16H14ClNS/c17-13-6-3-4-11(8-13)9-14(18)16-10-12-5-1-2-7-15(12)19-16/h1-8,10,14H,9,18H2. The highest BCUT2D eigenvalue weighted by atomic mass is 35.5. The minimum atomic E-state index is 0.0240. The third-order valence-corrected chi connectivity index (χ3v) is 4.64. The normalized spacial score (nSPS) is 12.7. The minimum absolute atomic E-state index is 0.0240. The van der Waals surface area contributed by atoms with Crippen molar-refractivity contribution in [1.82, 2.24) is 0 Å². The molecule has 1 heterocycles. The molecule has 0 saturated heterocycles. The quantitative estimate of drug-likeness (QED) is 0.736. The average Bonchev–Trinajstić information content (AvgIpc) is 2.82. The van der Waals surface area contributed by atoms with E-state index in [1.165, 1.54) is 20.5 Å². The molecule has 19 heavy (non-hydrogen) atoms. The molecule has 3 rings (SSSR count). The second-order valence-electron chi connectivity index (χ2n) is 4.63. The Morgan fingerprint density at radius 2 is 1.89 bits per heavy atom. The molecule has 2 N–H and O–H groups in total. The first-order valence-corrected chi connectivity index (χ1v) is 7.40. The van der Waals surface area contributed by atoms with E-state index in [1.54, 1.807) is 11.3 Å². The average molecular weight is 288 g/mol.